The van der Waals surface area contributed by atoms with Gasteiger partial charge in [-0.1, -0.05) is 24.6 Å². The highest BCUT2D eigenvalue weighted by molar-refractivity contribution is 5.85. The van der Waals surface area contributed by atoms with Gasteiger partial charge in [-0.2, -0.15) is 0 Å². The Morgan fingerprint density at radius 1 is 1.24 bits per heavy atom. The van der Waals surface area contributed by atoms with E-state index in [2.05, 4.69) is 37.5 Å². The molecule has 1 saturated heterocycles. The lowest BCUT2D eigenvalue weighted by Gasteiger charge is -2.33. The molecule has 1 aromatic carbocycles. The van der Waals surface area contributed by atoms with E-state index in [0.29, 0.717) is 18.0 Å². The number of rotatable bonds is 5. The number of para-hydroxylation sites is 1. The monoisotopic (exact) mass is 363 g/mol. The molecule has 2 fully saturated rings. The van der Waals surface area contributed by atoms with E-state index in [9.17, 15) is 0 Å². The van der Waals surface area contributed by atoms with Crippen molar-refractivity contribution in [3.63, 3.8) is 0 Å². The molecule has 1 aliphatic carbocycles. The van der Waals surface area contributed by atoms with Gasteiger partial charge in [0.15, 0.2) is 5.82 Å². The van der Waals surface area contributed by atoms with E-state index >= 15 is 0 Å². The van der Waals surface area contributed by atoms with Crippen LogP contribution in [0.4, 0.5) is 0 Å². The molecule has 7 heteroatoms. The Kier molecular flexibility index (Phi) is 6.42. The Labute approximate surface area is 154 Å². The van der Waals surface area contributed by atoms with Crippen molar-refractivity contribution < 1.29 is 4.74 Å². The van der Waals surface area contributed by atoms with Crippen molar-refractivity contribution >= 4 is 12.4 Å². The van der Waals surface area contributed by atoms with Gasteiger partial charge >= 0.3 is 0 Å². The van der Waals surface area contributed by atoms with E-state index in [4.69, 9.17) is 4.74 Å². The van der Waals surface area contributed by atoms with Crippen LogP contribution in [0.25, 0.3) is 5.69 Å². The van der Waals surface area contributed by atoms with E-state index < -0.39 is 0 Å². The van der Waals surface area contributed by atoms with E-state index in [-0.39, 0.29) is 12.4 Å². The van der Waals surface area contributed by atoms with Gasteiger partial charge in [0.25, 0.3) is 0 Å². The van der Waals surface area contributed by atoms with E-state index in [1.807, 2.05) is 18.2 Å². The summed E-state index contributed by atoms with van der Waals surface area (Å²) in [6.07, 6.45) is 5.56. The van der Waals surface area contributed by atoms with E-state index in [1.165, 1.54) is 19.3 Å². The van der Waals surface area contributed by atoms with Crippen molar-refractivity contribution in [2.75, 3.05) is 19.8 Å². The van der Waals surface area contributed by atoms with Gasteiger partial charge in [-0.15, -0.1) is 22.6 Å². The van der Waals surface area contributed by atoms with Gasteiger partial charge in [0.05, 0.1) is 19.8 Å². The first-order valence-electron chi connectivity index (χ1n) is 8.90. The second-order valence-electron chi connectivity index (χ2n) is 6.67. The van der Waals surface area contributed by atoms with Crippen LogP contribution in [0.3, 0.4) is 0 Å². The summed E-state index contributed by atoms with van der Waals surface area (Å²) in [5.41, 5.74) is 1.10. The number of hydrogen-bond acceptors (Lipinski definition) is 5. The number of halogens is 1. The third-order valence-electron chi connectivity index (χ3n) is 5.21. The smallest absolute Gasteiger partial charge is 0.151 e. The van der Waals surface area contributed by atoms with Crippen molar-refractivity contribution in [1.29, 1.82) is 0 Å². The van der Waals surface area contributed by atoms with E-state index in [1.54, 1.807) is 6.33 Å². The number of nitrogens with zero attached hydrogens (tertiary/aromatic N) is 3. The van der Waals surface area contributed by atoms with Crippen LogP contribution in [-0.4, -0.2) is 46.6 Å². The molecule has 136 valence electrons. The molecule has 1 aromatic heterocycles. The first-order chi connectivity index (χ1) is 11.9. The molecule has 0 radical (unpaired) electrons. The summed E-state index contributed by atoms with van der Waals surface area (Å²) in [6.45, 7) is 3.38. The second-order valence-corrected chi connectivity index (χ2v) is 6.67. The molecule has 0 bridgehead atoms. The van der Waals surface area contributed by atoms with Crippen LogP contribution >= 0.6 is 12.4 Å². The average molecular weight is 364 g/mol. The molecule has 25 heavy (non-hydrogen) atoms. The Hall–Kier alpha value is -1.47. The molecule has 0 spiro atoms. The van der Waals surface area contributed by atoms with Gasteiger partial charge < -0.3 is 15.4 Å². The summed E-state index contributed by atoms with van der Waals surface area (Å²) in [5, 5.41) is 15.7. The van der Waals surface area contributed by atoms with Gasteiger partial charge in [-0.3, -0.25) is 4.57 Å². The molecule has 1 aliphatic heterocycles. The number of ether oxygens (including phenoxy) is 1. The van der Waals surface area contributed by atoms with Gasteiger partial charge in [-0.05, 0) is 30.9 Å². The van der Waals surface area contributed by atoms with Crippen LogP contribution in [-0.2, 0) is 11.3 Å². The van der Waals surface area contributed by atoms with Crippen LogP contribution in [0.2, 0.25) is 0 Å². The van der Waals surface area contributed by atoms with Crippen molar-refractivity contribution in [2.24, 2.45) is 5.92 Å². The fraction of sp³-hybridized carbons (Fsp3) is 0.556. The minimum absolute atomic E-state index is 0. The lowest BCUT2D eigenvalue weighted by Crippen LogP contribution is -2.50. The minimum atomic E-state index is 0. The lowest BCUT2D eigenvalue weighted by molar-refractivity contribution is 0.0523. The summed E-state index contributed by atoms with van der Waals surface area (Å²) >= 11 is 0. The van der Waals surface area contributed by atoms with E-state index in [0.717, 1.165) is 37.8 Å². The highest BCUT2D eigenvalue weighted by atomic mass is 35.5. The molecule has 6 nitrogen and oxygen atoms in total. The van der Waals surface area contributed by atoms with Crippen molar-refractivity contribution in [1.82, 2.24) is 25.4 Å². The third-order valence-corrected chi connectivity index (χ3v) is 5.21. The molecule has 0 amide bonds. The third kappa shape index (κ3) is 4.20. The molecule has 1 saturated carbocycles. The van der Waals surface area contributed by atoms with Crippen LogP contribution in [0.5, 0.6) is 0 Å². The molecule has 2 aromatic rings. The summed E-state index contributed by atoms with van der Waals surface area (Å²) in [5.74, 6) is 1.60. The molecule has 2 heterocycles. The molecular weight excluding hydrogens is 338 g/mol. The fourth-order valence-electron chi connectivity index (χ4n) is 3.99. The molecule has 2 aliphatic rings. The van der Waals surface area contributed by atoms with Crippen molar-refractivity contribution in [3.05, 3.63) is 42.5 Å². The lowest BCUT2D eigenvalue weighted by atomic mass is 9.94. The minimum Gasteiger partial charge on any atom is -0.379 e. The summed E-state index contributed by atoms with van der Waals surface area (Å²) < 4.78 is 7.71. The van der Waals surface area contributed by atoms with Gasteiger partial charge in [-0.25, -0.2) is 0 Å². The van der Waals surface area contributed by atoms with Gasteiger partial charge in [0.1, 0.15) is 6.33 Å². The Balaban J connectivity index is 0.00000182. The molecule has 3 unspecified atom stereocenters. The first-order valence-corrected chi connectivity index (χ1v) is 8.90. The zero-order valence-corrected chi connectivity index (χ0v) is 15.1. The van der Waals surface area contributed by atoms with Crippen LogP contribution in [0.1, 0.15) is 25.1 Å². The maximum Gasteiger partial charge on any atom is 0.151 e. The quantitative estimate of drug-likeness (QED) is 0.850. The van der Waals surface area contributed by atoms with Crippen LogP contribution < -0.4 is 10.6 Å². The summed E-state index contributed by atoms with van der Waals surface area (Å²) in [7, 11) is 0. The number of hydrogen-bond donors (Lipinski definition) is 2. The molecular formula is C18H26ClN5O. The van der Waals surface area contributed by atoms with Crippen molar-refractivity contribution in [3.8, 4) is 5.69 Å². The second kappa shape index (κ2) is 8.76. The fourth-order valence-corrected chi connectivity index (χ4v) is 3.99. The Morgan fingerprint density at radius 2 is 2.12 bits per heavy atom. The summed E-state index contributed by atoms with van der Waals surface area (Å²) in [6, 6.07) is 11.2. The standard InChI is InChI=1S/C18H25N5O.ClH/c1-2-5-14(6-3-1)23-13-21-22-18(23)11-20-16-8-4-7-15(16)17-12-24-10-9-19-17;/h1-3,5-6,13,15-17,19-20H,4,7-12H2;1H. The van der Waals surface area contributed by atoms with Crippen LogP contribution in [0, 0.1) is 5.92 Å². The number of morpholine rings is 1. The maximum absolute atomic E-state index is 5.65. The average Bonchev–Trinajstić information content (AvgIpc) is 3.30. The highest BCUT2D eigenvalue weighted by Crippen LogP contribution is 2.29. The van der Waals surface area contributed by atoms with Crippen LogP contribution in [0.15, 0.2) is 36.7 Å². The zero-order valence-electron chi connectivity index (χ0n) is 14.3. The predicted molar refractivity (Wildman–Crippen MR) is 99.2 cm³/mol. The Bertz CT molecular complexity index is 644. The normalized spacial score (nSPS) is 26.3. The van der Waals surface area contributed by atoms with Crippen molar-refractivity contribution in [2.45, 2.75) is 37.9 Å². The topological polar surface area (TPSA) is 64.0 Å². The maximum atomic E-state index is 5.65. The SMILES string of the molecule is Cl.c1ccc(-n2cnnc2CNC2CCCC2C2COCCN2)cc1. The largest absolute Gasteiger partial charge is 0.379 e. The molecule has 3 atom stereocenters. The Morgan fingerprint density at radius 3 is 2.92 bits per heavy atom. The highest BCUT2D eigenvalue weighted by Gasteiger charge is 2.34. The van der Waals surface area contributed by atoms with Gasteiger partial charge in [0, 0.05) is 24.3 Å². The number of benzene rings is 1. The zero-order chi connectivity index (χ0) is 16.2. The van der Waals surface area contributed by atoms with Gasteiger partial charge in [0.2, 0.25) is 0 Å². The number of nitrogens with one attached hydrogen (secondary N) is 2. The molecule has 2 N–H and O–H groups in total. The first kappa shape index (κ1) is 18.3. The predicted octanol–water partition coefficient (Wildman–Crippen LogP) is 1.94. The summed E-state index contributed by atoms with van der Waals surface area (Å²) in [4.78, 5) is 0. The molecule has 4 rings (SSSR count). The number of aromatic nitrogens is 3.